The average Bonchev–Trinajstić information content (AvgIpc) is 4.09. The average molecular weight is 965 g/mol. The SMILES string of the molecule is CC[C@H](Cn1ccc2cc(C)ccc21)N(C)C.COc1cc2c(ccn2C[C@@H](C)N(C)C)cc1F.COc1cc2ccn(C[C@@H](C)N(C)C)c2cc1F.Cc1cn(C[C@@H](C)N(C)C)c2ccc(F)cc12. The van der Waals surface area contributed by atoms with Crippen molar-refractivity contribution in [1.82, 2.24) is 37.9 Å². The molecule has 10 nitrogen and oxygen atoms in total. The molecule has 0 aliphatic carbocycles. The molecule has 8 rings (SSSR count). The maximum absolute atomic E-state index is 13.7. The highest BCUT2D eigenvalue weighted by Gasteiger charge is 2.15. The van der Waals surface area contributed by atoms with Crippen LogP contribution in [0.4, 0.5) is 13.2 Å². The van der Waals surface area contributed by atoms with Crippen LogP contribution in [0.25, 0.3) is 43.6 Å². The Labute approximate surface area is 415 Å². The first-order chi connectivity index (χ1) is 33.1. The third kappa shape index (κ3) is 14.0. The van der Waals surface area contributed by atoms with Crippen LogP contribution in [0.5, 0.6) is 11.5 Å². The van der Waals surface area contributed by atoms with Crippen molar-refractivity contribution in [2.75, 3.05) is 70.6 Å². The molecule has 4 heterocycles. The van der Waals surface area contributed by atoms with Gasteiger partial charge in [0.1, 0.15) is 5.82 Å². The number of nitrogens with zero attached hydrogens (tertiary/aromatic N) is 8. The Bertz CT molecular complexity index is 2910. The lowest BCUT2D eigenvalue weighted by atomic mass is 10.2. The summed E-state index contributed by atoms with van der Waals surface area (Å²) in [6.07, 6.45) is 9.46. The molecule has 0 unspecified atom stereocenters. The molecule has 0 radical (unpaired) electrons. The molecule has 0 fully saturated rings. The molecule has 0 aliphatic rings. The van der Waals surface area contributed by atoms with E-state index in [-0.39, 0.29) is 17.5 Å². The summed E-state index contributed by atoms with van der Waals surface area (Å²) in [5.41, 5.74) is 6.82. The standard InChI is InChI=1S/C15H22N2.2C14H19FN2O.C14H19FN2/c1-5-14(16(3)4)11-17-9-8-13-10-12(2)6-7-15(13)17;1-10(16(2)3)9-17-6-5-11-7-14(18-4)12(15)8-13(11)17;1-10(16(2)3)9-17-6-5-11-7-12(15)14(18-4)8-13(11)17;1-10-8-17(9-11(2)16(3)4)14-6-5-12(15)7-13(10)14/h6-10,14H,5,11H2,1-4H3;2*5-8,10H,9H2,1-4H3;5-8,11H,9H2,1-4H3/t14-;2*10-;11-/m1111/s1. The Morgan fingerprint density at radius 1 is 0.486 bits per heavy atom. The molecule has 0 saturated heterocycles. The van der Waals surface area contributed by atoms with Crippen molar-refractivity contribution in [3.8, 4) is 11.5 Å². The number of hydrogen-bond acceptors (Lipinski definition) is 6. The van der Waals surface area contributed by atoms with Gasteiger partial charge in [-0.2, -0.15) is 0 Å². The third-order valence-electron chi connectivity index (χ3n) is 13.7. The summed E-state index contributed by atoms with van der Waals surface area (Å²) in [5, 5.41) is 4.26. The van der Waals surface area contributed by atoms with Gasteiger partial charge in [-0.05, 0) is 169 Å². The van der Waals surface area contributed by atoms with E-state index in [2.05, 4.69) is 151 Å². The molecular weight excluding hydrogens is 886 g/mol. The van der Waals surface area contributed by atoms with E-state index in [9.17, 15) is 13.2 Å². The summed E-state index contributed by atoms with van der Waals surface area (Å²) in [6, 6.07) is 26.2. The summed E-state index contributed by atoms with van der Waals surface area (Å²) < 4.78 is 59.3. The van der Waals surface area contributed by atoms with E-state index in [1.807, 2.05) is 51.6 Å². The first kappa shape index (κ1) is 55.2. The molecular formula is C57H79F3N8O2. The number of methoxy groups -OCH3 is 2. The van der Waals surface area contributed by atoms with Crippen molar-refractivity contribution >= 4 is 43.6 Å². The van der Waals surface area contributed by atoms with Gasteiger partial charge >= 0.3 is 0 Å². The largest absolute Gasteiger partial charge is 0.494 e. The first-order valence-electron chi connectivity index (χ1n) is 24.3. The predicted octanol–water partition coefficient (Wildman–Crippen LogP) is 11.8. The van der Waals surface area contributed by atoms with Crippen LogP contribution >= 0.6 is 0 Å². The normalized spacial score (nSPS) is 13.4. The molecule has 70 heavy (non-hydrogen) atoms. The van der Waals surface area contributed by atoms with Gasteiger partial charge in [0.15, 0.2) is 23.1 Å². The van der Waals surface area contributed by atoms with Crippen LogP contribution in [0.1, 0.15) is 45.2 Å². The summed E-state index contributed by atoms with van der Waals surface area (Å²) in [7, 11) is 19.6. The first-order valence-corrected chi connectivity index (χ1v) is 24.3. The Hall–Kier alpha value is -5.73. The lowest BCUT2D eigenvalue weighted by molar-refractivity contribution is 0.259. The quantitative estimate of drug-likeness (QED) is 0.102. The Kier molecular flexibility index (Phi) is 19.6. The van der Waals surface area contributed by atoms with Crippen LogP contribution in [0, 0.1) is 31.3 Å². The molecule has 380 valence electrons. The van der Waals surface area contributed by atoms with Gasteiger partial charge in [-0.3, -0.25) is 0 Å². The van der Waals surface area contributed by atoms with Crippen LogP contribution in [-0.2, 0) is 26.2 Å². The molecule has 4 aromatic heterocycles. The minimum Gasteiger partial charge on any atom is -0.494 e. The Morgan fingerprint density at radius 2 is 0.943 bits per heavy atom. The Morgan fingerprint density at radius 3 is 1.46 bits per heavy atom. The van der Waals surface area contributed by atoms with Gasteiger partial charge in [-0.1, -0.05) is 18.6 Å². The maximum Gasteiger partial charge on any atom is 0.167 e. The zero-order chi connectivity index (χ0) is 51.6. The van der Waals surface area contributed by atoms with Crippen LogP contribution in [0.15, 0.2) is 104 Å². The topological polar surface area (TPSA) is 51.1 Å². The van der Waals surface area contributed by atoms with E-state index in [4.69, 9.17) is 9.47 Å². The molecule has 0 saturated carbocycles. The van der Waals surface area contributed by atoms with Crippen molar-refractivity contribution in [2.24, 2.45) is 0 Å². The van der Waals surface area contributed by atoms with Crippen molar-refractivity contribution < 1.29 is 22.6 Å². The second-order valence-electron chi connectivity index (χ2n) is 19.6. The van der Waals surface area contributed by atoms with Gasteiger partial charge in [-0.15, -0.1) is 0 Å². The lowest BCUT2D eigenvalue weighted by Crippen LogP contribution is -2.31. The number of halogens is 3. The van der Waals surface area contributed by atoms with E-state index >= 15 is 0 Å². The van der Waals surface area contributed by atoms with Crippen molar-refractivity contribution in [3.63, 3.8) is 0 Å². The number of aryl methyl sites for hydroxylation is 2. The molecule has 13 heteroatoms. The smallest absolute Gasteiger partial charge is 0.167 e. The number of likely N-dealkylation sites (N-methyl/N-ethyl adjacent to an activating group) is 4. The highest BCUT2D eigenvalue weighted by atomic mass is 19.1. The van der Waals surface area contributed by atoms with Crippen molar-refractivity contribution in [2.45, 2.75) is 98.3 Å². The van der Waals surface area contributed by atoms with Gasteiger partial charge in [-0.25, -0.2) is 13.2 Å². The molecule has 0 aliphatic heterocycles. The molecule has 0 amide bonds. The maximum atomic E-state index is 13.7. The highest BCUT2D eigenvalue weighted by Crippen LogP contribution is 2.28. The van der Waals surface area contributed by atoms with Crippen LogP contribution < -0.4 is 9.47 Å². The summed E-state index contributed by atoms with van der Waals surface area (Å²) in [5.74, 6) is -0.217. The molecule has 0 bridgehead atoms. The van der Waals surface area contributed by atoms with E-state index < -0.39 is 0 Å². The minimum atomic E-state index is -0.317. The molecule has 8 aromatic rings. The van der Waals surface area contributed by atoms with Crippen molar-refractivity contribution in [3.05, 3.63) is 132 Å². The predicted molar refractivity (Wildman–Crippen MR) is 287 cm³/mol. The second-order valence-corrected chi connectivity index (χ2v) is 19.6. The highest BCUT2D eigenvalue weighted by molar-refractivity contribution is 5.84. The third-order valence-corrected chi connectivity index (χ3v) is 13.7. The van der Waals surface area contributed by atoms with Gasteiger partial charge in [0.2, 0.25) is 0 Å². The van der Waals surface area contributed by atoms with Crippen LogP contribution in [0.2, 0.25) is 0 Å². The minimum absolute atomic E-state index is 0.168. The van der Waals surface area contributed by atoms with Gasteiger partial charge in [0.05, 0.1) is 25.3 Å². The van der Waals surface area contributed by atoms with Crippen LogP contribution in [0.3, 0.4) is 0 Å². The monoisotopic (exact) mass is 965 g/mol. The van der Waals surface area contributed by atoms with Gasteiger partial charge < -0.3 is 47.3 Å². The van der Waals surface area contributed by atoms with E-state index in [0.717, 1.165) is 64.5 Å². The number of rotatable bonds is 15. The number of hydrogen-bond donors (Lipinski definition) is 0. The number of aromatic nitrogens is 4. The summed E-state index contributed by atoms with van der Waals surface area (Å²) >= 11 is 0. The number of ether oxygens (including phenoxy) is 2. The van der Waals surface area contributed by atoms with Gasteiger partial charge in [0.25, 0.3) is 0 Å². The fourth-order valence-electron chi connectivity index (χ4n) is 8.32. The number of benzene rings is 4. The molecule has 4 aromatic carbocycles. The summed E-state index contributed by atoms with van der Waals surface area (Å²) in [4.78, 5) is 8.79. The molecule has 4 atom stereocenters. The van der Waals surface area contributed by atoms with E-state index in [1.165, 1.54) is 55.3 Å². The van der Waals surface area contributed by atoms with Crippen molar-refractivity contribution in [1.29, 1.82) is 0 Å². The zero-order valence-corrected chi connectivity index (χ0v) is 44.7. The molecule has 0 N–H and O–H groups in total. The van der Waals surface area contributed by atoms with E-state index in [1.54, 1.807) is 18.2 Å². The second kappa shape index (κ2) is 24.9. The lowest BCUT2D eigenvalue weighted by Gasteiger charge is -2.23. The van der Waals surface area contributed by atoms with E-state index in [0.29, 0.717) is 35.7 Å². The summed E-state index contributed by atoms with van der Waals surface area (Å²) in [6.45, 7) is 16.6. The van der Waals surface area contributed by atoms with Gasteiger partial charge in [0, 0.05) is 114 Å². The fraction of sp³-hybridized carbons (Fsp3) is 0.439. The fourth-order valence-corrected chi connectivity index (χ4v) is 8.32. The Balaban J connectivity index is 0.000000174. The van der Waals surface area contributed by atoms with Crippen LogP contribution in [-0.4, -0.2) is 133 Å². The zero-order valence-electron chi connectivity index (χ0n) is 44.7. The number of fused-ring (bicyclic) bond motifs is 4. The molecule has 0 spiro atoms.